The van der Waals surface area contributed by atoms with Crippen molar-refractivity contribution < 1.29 is 0 Å². The maximum Gasteiger partial charge on any atom is 0.00475 e. The Labute approximate surface area is 141 Å². The minimum absolute atomic E-state index is 0.753. The highest BCUT2D eigenvalue weighted by atomic mass is 15.1. The standard InChI is InChI=1S/C21H30N2/c1-22-15-18-6-9-21(20(14-18)16-22)19-7-4-17(5-8-19)10-13-23-11-2-3-12-23/h4-5,7-9,18,20H,2-3,6,10-16H2,1H3. The lowest BCUT2D eigenvalue weighted by Gasteiger charge is -2.40. The van der Waals surface area contributed by atoms with E-state index < -0.39 is 0 Å². The van der Waals surface area contributed by atoms with E-state index in [0.717, 1.165) is 11.8 Å². The Bertz CT molecular complexity index is 554. The molecule has 2 fully saturated rings. The number of likely N-dealkylation sites (tertiary alicyclic amines) is 2. The molecule has 124 valence electrons. The number of allylic oxidation sites excluding steroid dienone is 1. The topological polar surface area (TPSA) is 6.48 Å². The van der Waals surface area contributed by atoms with Gasteiger partial charge in [-0.05, 0) is 80.8 Å². The number of hydrogen-bond acceptors (Lipinski definition) is 2. The highest BCUT2D eigenvalue weighted by Crippen LogP contribution is 2.39. The van der Waals surface area contributed by atoms with Gasteiger partial charge in [0.1, 0.15) is 0 Å². The van der Waals surface area contributed by atoms with Crippen molar-refractivity contribution in [1.82, 2.24) is 9.80 Å². The molecule has 0 spiro atoms. The number of hydrogen-bond donors (Lipinski definition) is 0. The summed E-state index contributed by atoms with van der Waals surface area (Å²) in [7, 11) is 2.28. The summed E-state index contributed by atoms with van der Waals surface area (Å²) in [5.74, 6) is 1.64. The van der Waals surface area contributed by atoms with Gasteiger partial charge in [-0.2, -0.15) is 0 Å². The van der Waals surface area contributed by atoms with E-state index in [-0.39, 0.29) is 0 Å². The Morgan fingerprint density at radius 1 is 1.04 bits per heavy atom. The van der Waals surface area contributed by atoms with Gasteiger partial charge in [-0.15, -0.1) is 0 Å². The smallest absolute Gasteiger partial charge is 0.00475 e. The van der Waals surface area contributed by atoms with Crippen LogP contribution in [0, 0.1) is 11.8 Å². The molecule has 2 atom stereocenters. The lowest BCUT2D eigenvalue weighted by Crippen LogP contribution is -2.39. The highest BCUT2D eigenvalue weighted by Gasteiger charge is 2.31. The molecule has 0 amide bonds. The van der Waals surface area contributed by atoms with Crippen molar-refractivity contribution in [3.63, 3.8) is 0 Å². The Kier molecular flexibility index (Phi) is 4.54. The molecule has 2 nitrogen and oxygen atoms in total. The molecule has 1 aromatic carbocycles. The number of piperidine rings is 1. The zero-order valence-corrected chi connectivity index (χ0v) is 14.5. The second-order valence-electron chi connectivity index (χ2n) is 7.91. The van der Waals surface area contributed by atoms with Gasteiger partial charge in [0.2, 0.25) is 0 Å². The number of benzene rings is 1. The van der Waals surface area contributed by atoms with E-state index in [4.69, 9.17) is 0 Å². The molecular weight excluding hydrogens is 280 g/mol. The van der Waals surface area contributed by atoms with Gasteiger partial charge in [0.25, 0.3) is 0 Å². The largest absolute Gasteiger partial charge is 0.305 e. The fourth-order valence-corrected chi connectivity index (χ4v) is 4.81. The van der Waals surface area contributed by atoms with Crippen molar-refractivity contribution in [3.05, 3.63) is 41.5 Å². The zero-order chi connectivity index (χ0) is 15.6. The molecular formula is C21H30N2. The van der Waals surface area contributed by atoms with Crippen LogP contribution in [0.1, 0.15) is 36.8 Å². The van der Waals surface area contributed by atoms with E-state index in [9.17, 15) is 0 Å². The van der Waals surface area contributed by atoms with Crippen LogP contribution in [0.3, 0.4) is 0 Å². The number of nitrogens with zero attached hydrogens (tertiary/aromatic N) is 2. The minimum Gasteiger partial charge on any atom is -0.305 e. The lowest BCUT2D eigenvalue weighted by molar-refractivity contribution is 0.173. The molecule has 2 heteroatoms. The second-order valence-corrected chi connectivity index (χ2v) is 7.91. The minimum atomic E-state index is 0.753. The van der Waals surface area contributed by atoms with Gasteiger partial charge in [-0.1, -0.05) is 30.3 Å². The van der Waals surface area contributed by atoms with Crippen LogP contribution in [-0.4, -0.2) is 49.6 Å². The average molecular weight is 310 g/mol. The van der Waals surface area contributed by atoms with Crippen molar-refractivity contribution in [2.24, 2.45) is 11.8 Å². The van der Waals surface area contributed by atoms with E-state index in [2.05, 4.69) is 47.2 Å². The van der Waals surface area contributed by atoms with Crippen LogP contribution in [0.15, 0.2) is 30.3 Å². The van der Waals surface area contributed by atoms with Crippen LogP contribution in [0.5, 0.6) is 0 Å². The van der Waals surface area contributed by atoms with Crippen molar-refractivity contribution in [3.8, 4) is 0 Å². The summed E-state index contributed by atoms with van der Waals surface area (Å²) >= 11 is 0. The van der Waals surface area contributed by atoms with Crippen molar-refractivity contribution in [1.29, 1.82) is 0 Å². The second kappa shape index (κ2) is 6.78. The van der Waals surface area contributed by atoms with E-state index in [1.807, 2.05) is 0 Å². The predicted octanol–water partition coefficient (Wildman–Crippen LogP) is 3.68. The Hall–Kier alpha value is -1.12. The maximum atomic E-state index is 2.61. The summed E-state index contributed by atoms with van der Waals surface area (Å²) < 4.78 is 0. The van der Waals surface area contributed by atoms with Crippen molar-refractivity contribution in [2.75, 3.05) is 39.8 Å². The SMILES string of the molecule is CN1CC2CC=C(c3ccc(CCN4CCCC4)cc3)C(C2)C1. The Balaban J connectivity index is 1.41. The van der Waals surface area contributed by atoms with E-state index in [0.29, 0.717) is 0 Å². The van der Waals surface area contributed by atoms with Crippen molar-refractivity contribution >= 4 is 5.57 Å². The highest BCUT2D eigenvalue weighted by molar-refractivity contribution is 5.68. The van der Waals surface area contributed by atoms with Gasteiger partial charge in [-0.25, -0.2) is 0 Å². The van der Waals surface area contributed by atoms with Gasteiger partial charge in [0.05, 0.1) is 0 Å². The van der Waals surface area contributed by atoms with Gasteiger partial charge in [-0.3, -0.25) is 0 Å². The van der Waals surface area contributed by atoms with Crippen LogP contribution in [-0.2, 0) is 6.42 Å². The molecule has 0 saturated carbocycles. The summed E-state index contributed by atoms with van der Waals surface area (Å²) in [5.41, 5.74) is 4.57. The number of fused-ring (bicyclic) bond motifs is 2. The molecule has 2 heterocycles. The third kappa shape index (κ3) is 3.54. The normalized spacial score (nSPS) is 28.8. The summed E-state index contributed by atoms with van der Waals surface area (Å²) in [6.07, 6.45) is 9.19. The Morgan fingerprint density at radius 2 is 1.83 bits per heavy atom. The molecule has 0 N–H and O–H groups in total. The summed E-state index contributed by atoms with van der Waals surface area (Å²) in [4.78, 5) is 5.13. The molecule has 0 aromatic heterocycles. The summed E-state index contributed by atoms with van der Waals surface area (Å²) in [6.45, 7) is 6.37. The van der Waals surface area contributed by atoms with Crippen LogP contribution >= 0.6 is 0 Å². The van der Waals surface area contributed by atoms with Gasteiger partial charge < -0.3 is 9.80 Å². The fourth-order valence-electron chi connectivity index (χ4n) is 4.81. The average Bonchev–Trinajstić information content (AvgIpc) is 3.07. The number of rotatable bonds is 4. The third-order valence-electron chi connectivity index (χ3n) is 6.03. The molecule has 4 rings (SSSR count). The quantitative estimate of drug-likeness (QED) is 0.837. The van der Waals surface area contributed by atoms with Crippen LogP contribution in [0.25, 0.3) is 5.57 Å². The monoisotopic (exact) mass is 310 g/mol. The van der Waals surface area contributed by atoms with E-state index >= 15 is 0 Å². The molecule has 1 aromatic rings. The van der Waals surface area contributed by atoms with Gasteiger partial charge in [0, 0.05) is 19.6 Å². The van der Waals surface area contributed by atoms with Crippen LogP contribution in [0.2, 0.25) is 0 Å². The molecule has 2 unspecified atom stereocenters. The molecule has 3 aliphatic rings. The lowest BCUT2D eigenvalue weighted by atomic mass is 9.75. The van der Waals surface area contributed by atoms with Crippen LogP contribution < -0.4 is 0 Å². The first-order chi connectivity index (χ1) is 11.3. The fraction of sp³-hybridized carbons (Fsp3) is 0.619. The molecule has 0 radical (unpaired) electrons. The van der Waals surface area contributed by atoms with E-state index in [1.165, 1.54) is 76.0 Å². The first-order valence-electron chi connectivity index (χ1n) is 9.48. The molecule has 23 heavy (non-hydrogen) atoms. The summed E-state index contributed by atoms with van der Waals surface area (Å²) in [5, 5.41) is 0. The van der Waals surface area contributed by atoms with Gasteiger partial charge in [0.15, 0.2) is 0 Å². The molecule has 2 saturated heterocycles. The predicted molar refractivity (Wildman–Crippen MR) is 97.5 cm³/mol. The first-order valence-corrected chi connectivity index (χ1v) is 9.48. The molecule has 2 aliphatic heterocycles. The van der Waals surface area contributed by atoms with Crippen molar-refractivity contribution in [2.45, 2.75) is 32.1 Å². The Morgan fingerprint density at radius 3 is 2.61 bits per heavy atom. The first kappa shape index (κ1) is 15.4. The zero-order valence-electron chi connectivity index (χ0n) is 14.5. The third-order valence-corrected chi connectivity index (χ3v) is 6.03. The van der Waals surface area contributed by atoms with Crippen LogP contribution in [0.4, 0.5) is 0 Å². The summed E-state index contributed by atoms with van der Waals surface area (Å²) in [6, 6.07) is 9.48. The molecule has 1 aliphatic carbocycles. The van der Waals surface area contributed by atoms with Gasteiger partial charge >= 0.3 is 0 Å². The molecule has 2 bridgehead atoms. The maximum absolute atomic E-state index is 2.61. The van der Waals surface area contributed by atoms with E-state index in [1.54, 1.807) is 5.57 Å².